The number of aryl methyl sites for hydroxylation is 1. The van der Waals surface area contributed by atoms with E-state index >= 15 is 0 Å². The predicted molar refractivity (Wildman–Crippen MR) is 125 cm³/mol. The van der Waals surface area contributed by atoms with Crippen molar-refractivity contribution in [3.63, 3.8) is 0 Å². The van der Waals surface area contributed by atoms with Crippen LogP contribution in [0.1, 0.15) is 36.2 Å². The van der Waals surface area contributed by atoms with Crippen molar-refractivity contribution >= 4 is 17.4 Å². The summed E-state index contributed by atoms with van der Waals surface area (Å²) in [4.78, 5) is 12.6. The third kappa shape index (κ3) is 4.69. The van der Waals surface area contributed by atoms with Gasteiger partial charge in [0, 0.05) is 11.1 Å². The average Bonchev–Trinajstić information content (AvgIpc) is 3.07. The van der Waals surface area contributed by atoms with Crippen molar-refractivity contribution in [2.24, 2.45) is 10.5 Å². The van der Waals surface area contributed by atoms with Gasteiger partial charge in [0.1, 0.15) is 6.61 Å². The summed E-state index contributed by atoms with van der Waals surface area (Å²) in [7, 11) is 0. The molecule has 31 heavy (non-hydrogen) atoms. The van der Waals surface area contributed by atoms with Gasteiger partial charge in [0.05, 0.1) is 17.3 Å². The van der Waals surface area contributed by atoms with Gasteiger partial charge < -0.3 is 4.74 Å². The zero-order valence-corrected chi connectivity index (χ0v) is 18.1. The normalized spacial score (nSPS) is 17.3. The van der Waals surface area contributed by atoms with Crippen LogP contribution < -0.4 is 5.01 Å². The highest BCUT2D eigenvalue weighted by molar-refractivity contribution is 5.94. The van der Waals surface area contributed by atoms with Crippen LogP contribution in [-0.4, -0.2) is 24.3 Å². The number of nitrogens with zero attached hydrogens (tertiary/aromatic N) is 2. The van der Waals surface area contributed by atoms with Gasteiger partial charge in [-0.2, -0.15) is 5.10 Å². The molecule has 0 amide bonds. The number of ether oxygens (including phenoxy) is 1. The smallest absolute Gasteiger partial charge is 0.338 e. The Morgan fingerprint density at radius 1 is 0.871 bits per heavy atom. The molecule has 1 heterocycles. The van der Waals surface area contributed by atoms with Gasteiger partial charge in [-0.1, -0.05) is 80.6 Å². The summed E-state index contributed by atoms with van der Waals surface area (Å²) < 4.78 is 5.76. The number of rotatable bonds is 7. The Morgan fingerprint density at radius 3 is 2.10 bits per heavy atom. The lowest BCUT2D eigenvalue weighted by atomic mass is 9.78. The van der Waals surface area contributed by atoms with Crippen molar-refractivity contribution in [3.05, 3.63) is 102 Å². The molecule has 0 bridgehead atoms. The third-order valence-electron chi connectivity index (χ3n) is 6.00. The van der Waals surface area contributed by atoms with E-state index in [0.29, 0.717) is 5.56 Å². The van der Waals surface area contributed by atoms with Crippen LogP contribution in [-0.2, 0) is 11.2 Å². The lowest BCUT2D eigenvalue weighted by Gasteiger charge is -2.32. The first-order valence-electron chi connectivity index (χ1n) is 10.7. The number of esters is 1. The SMILES string of the molecule is CC1(C)C(CCc2ccccc2)=NN(c2ccccc2)C1COC(=O)c1ccccc1. The lowest BCUT2D eigenvalue weighted by Crippen LogP contribution is -2.44. The van der Waals surface area contributed by atoms with E-state index in [-0.39, 0.29) is 24.0 Å². The zero-order valence-electron chi connectivity index (χ0n) is 18.1. The number of benzene rings is 3. The summed E-state index contributed by atoms with van der Waals surface area (Å²) in [6, 6.07) is 29.6. The number of anilines is 1. The van der Waals surface area contributed by atoms with E-state index in [9.17, 15) is 4.79 Å². The maximum absolute atomic E-state index is 12.6. The van der Waals surface area contributed by atoms with E-state index < -0.39 is 0 Å². The molecule has 3 aromatic rings. The van der Waals surface area contributed by atoms with Crippen LogP contribution in [0.3, 0.4) is 0 Å². The third-order valence-corrected chi connectivity index (χ3v) is 6.00. The molecule has 1 unspecified atom stereocenters. The summed E-state index contributed by atoms with van der Waals surface area (Å²) in [6.07, 6.45) is 1.80. The number of hydrogen-bond donors (Lipinski definition) is 0. The van der Waals surface area contributed by atoms with Gasteiger partial charge in [0.15, 0.2) is 0 Å². The van der Waals surface area contributed by atoms with E-state index in [1.165, 1.54) is 5.56 Å². The molecular formula is C27H28N2O2. The summed E-state index contributed by atoms with van der Waals surface area (Å²) in [5.74, 6) is -0.304. The van der Waals surface area contributed by atoms with Gasteiger partial charge in [0.25, 0.3) is 0 Å². The first kappa shape index (κ1) is 20.9. The number of hydrazone groups is 1. The fraction of sp³-hybridized carbons (Fsp3) is 0.259. The van der Waals surface area contributed by atoms with Gasteiger partial charge in [-0.05, 0) is 42.7 Å². The van der Waals surface area contributed by atoms with Crippen molar-refractivity contribution < 1.29 is 9.53 Å². The summed E-state index contributed by atoms with van der Waals surface area (Å²) in [6.45, 7) is 4.66. The molecule has 0 aliphatic carbocycles. The Kier molecular flexibility index (Phi) is 6.17. The molecule has 3 aromatic carbocycles. The minimum atomic E-state index is -0.304. The van der Waals surface area contributed by atoms with E-state index in [0.717, 1.165) is 24.2 Å². The molecule has 158 valence electrons. The molecule has 0 radical (unpaired) electrons. The molecule has 0 fully saturated rings. The Labute approximate surface area is 184 Å². The predicted octanol–water partition coefficient (Wildman–Crippen LogP) is 5.75. The zero-order chi connectivity index (χ0) is 21.7. The first-order valence-corrected chi connectivity index (χ1v) is 10.7. The maximum Gasteiger partial charge on any atom is 0.338 e. The lowest BCUT2D eigenvalue weighted by molar-refractivity contribution is 0.0449. The first-order chi connectivity index (χ1) is 15.1. The molecule has 1 aliphatic rings. The average molecular weight is 413 g/mol. The monoisotopic (exact) mass is 412 g/mol. The second-order valence-corrected chi connectivity index (χ2v) is 8.41. The van der Waals surface area contributed by atoms with Gasteiger partial charge >= 0.3 is 5.97 Å². The van der Waals surface area contributed by atoms with Gasteiger partial charge in [-0.15, -0.1) is 0 Å². The Morgan fingerprint density at radius 2 is 1.45 bits per heavy atom. The van der Waals surface area contributed by atoms with E-state index in [2.05, 4.69) is 38.1 Å². The second-order valence-electron chi connectivity index (χ2n) is 8.41. The van der Waals surface area contributed by atoms with E-state index in [1.807, 2.05) is 59.6 Å². The van der Waals surface area contributed by atoms with Crippen LogP contribution in [0.2, 0.25) is 0 Å². The van der Waals surface area contributed by atoms with E-state index in [1.54, 1.807) is 12.1 Å². The Balaban J connectivity index is 1.54. The Bertz CT molecular complexity index is 1030. The van der Waals surface area contributed by atoms with Crippen molar-refractivity contribution in [1.29, 1.82) is 0 Å². The van der Waals surface area contributed by atoms with Gasteiger partial charge in [0.2, 0.25) is 0 Å². The molecule has 1 atom stereocenters. The highest BCUT2D eigenvalue weighted by atomic mass is 16.5. The Hall–Kier alpha value is -3.40. The highest BCUT2D eigenvalue weighted by Gasteiger charge is 2.45. The number of hydrogen-bond acceptors (Lipinski definition) is 4. The van der Waals surface area contributed by atoms with Gasteiger partial charge in [-0.25, -0.2) is 4.79 Å². The topological polar surface area (TPSA) is 41.9 Å². The minimum Gasteiger partial charge on any atom is -0.460 e. The summed E-state index contributed by atoms with van der Waals surface area (Å²) in [5.41, 5.74) is 3.76. The molecule has 4 rings (SSSR count). The van der Waals surface area contributed by atoms with Crippen LogP contribution in [0.25, 0.3) is 0 Å². The minimum absolute atomic E-state index is 0.0756. The molecule has 4 heteroatoms. The summed E-state index contributed by atoms with van der Waals surface area (Å²) >= 11 is 0. The van der Waals surface area contributed by atoms with Crippen molar-refractivity contribution in [1.82, 2.24) is 0 Å². The van der Waals surface area contributed by atoms with E-state index in [4.69, 9.17) is 9.84 Å². The molecule has 0 saturated carbocycles. The summed E-state index contributed by atoms with van der Waals surface area (Å²) in [5, 5.41) is 7.04. The maximum atomic E-state index is 12.6. The molecule has 0 aromatic heterocycles. The quantitative estimate of drug-likeness (QED) is 0.464. The van der Waals surface area contributed by atoms with Crippen molar-refractivity contribution in [2.45, 2.75) is 32.7 Å². The van der Waals surface area contributed by atoms with Crippen molar-refractivity contribution in [2.75, 3.05) is 11.6 Å². The largest absolute Gasteiger partial charge is 0.460 e. The molecule has 4 nitrogen and oxygen atoms in total. The number of para-hydroxylation sites is 1. The number of carbonyl (C=O) groups is 1. The molecule has 0 spiro atoms. The standard InChI is InChI=1S/C27H28N2O2/c1-27(2)24(19-18-21-12-6-3-7-13-21)28-29(23-16-10-5-11-17-23)25(27)20-31-26(30)22-14-8-4-9-15-22/h3-17,25H,18-20H2,1-2H3. The number of carbonyl (C=O) groups excluding carboxylic acids is 1. The van der Waals surface area contributed by atoms with Crippen LogP contribution in [0.15, 0.2) is 96.1 Å². The second kappa shape index (κ2) is 9.17. The molecular weight excluding hydrogens is 384 g/mol. The van der Waals surface area contributed by atoms with Crippen LogP contribution >= 0.6 is 0 Å². The van der Waals surface area contributed by atoms with Gasteiger partial charge in [-0.3, -0.25) is 5.01 Å². The molecule has 0 saturated heterocycles. The van der Waals surface area contributed by atoms with Crippen LogP contribution in [0, 0.1) is 5.41 Å². The van der Waals surface area contributed by atoms with Crippen molar-refractivity contribution in [3.8, 4) is 0 Å². The fourth-order valence-electron chi connectivity index (χ4n) is 4.02. The fourth-order valence-corrected chi connectivity index (χ4v) is 4.02. The van der Waals surface area contributed by atoms with Crippen LogP contribution in [0.4, 0.5) is 5.69 Å². The van der Waals surface area contributed by atoms with Crippen LogP contribution in [0.5, 0.6) is 0 Å². The highest BCUT2D eigenvalue weighted by Crippen LogP contribution is 2.38. The molecule has 0 N–H and O–H groups in total. The molecule has 1 aliphatic heterocycles.